The number of sulfonamides is 1. The Labute approximate surface area is 146 Å². The minimum absolute atomic E-state index is 0.220. The Balaban J connectivity index is 2.20. The number of carbonyl (C=O) groups excluding carboxylic acids is 1. The number of benzene rings is 2. The van der Waals surface area contributed by atoms with Crippen LogP contribution in [0.2, 0.25) is 0 Å². The number of aryl methyl sites for hydroxylation is 1. The molecule has 0 saturated heterocycles. The average Bonchev–Trinajstić information content (AvgIpc) is 2.55. The number of rotatable bonds is 5. The number of carbonyl (C=O) groups is 1. The minimum Gasteiger partial charge on any atom is -0.273 e. The van der Waals surface area contributed by atoms with Crippen LogP contribution in [0.3, 0.4) is 0 Å². The highest BCUT2D eigenvalue weighted by Crippen LogP contribution is 2.22. The molecule has 2 rings (SSSR count). The maximum atomic E-state index is 12.2. The molecular formula is C14H12BrN3O5S. The number of nitro groups is 1. The van der Waals surface area contributed by atoms with Crippen molar-refractivity contribution in [2.45, 2.75) is 11.8 Å². The summed E-state index contributed by atoms with van der Waals surface area (Å²) in [5.41, 5.74) is 2.57. The third-order valence-corrected chi connectivity index (χ3v) is 5.23. The topological polar surface area (TPSA) is 118 Å². The molecule has 2 aromatic carbocycles. The summed E-state index contributed by atoms with van der Waals surface area (Å²) in [7, 11) is -4.29. The van der Waals surface area contributed by atoms with E-state index in [-0.39, 0.29) is 5.56 Å². The number of nitro benzene ring substituents is 1. The highest BCUT2D eigenvalue weighted by Gasteiger charge is 2.25. The van der Waals surface area contributed by atoms with Crippen molar-refractivity contribution in [3.63, 3.8) is 0 Å². The van der Waals surface area contributed by atoms with E-state index in [9.17, 15) is 23.3 Å². The summed E-state index contributed by atoms with van der Waals surface area (Å²) in [6, 6.07) is 9.58. The Kier molecular flexibility index (Phi) is 5.32. The van der Waals surface area contributed by atoms with Gasteiger partial charge in [-0.3, -0.25) is 20.3 Å². The lowest BCUT2D eigenvalue weighted by atomic mass is 10.1. The predicted octanol–water partition coefficient (Wildman–Crippen LogP) is 2.29. The third-order valence-electron chi connectivity index (χ3n) is 3.08. The second-order valence-electron chi connectivity index (χ2n) is 4.75. The van der Waals surface area contributed by atoms with Gasteiger partial charge in [-0.15, -0.1) is 4.83 Å². The van der Waals surface area contributed by atoms with Crippen LogP contribution in [0.25, 0.3) is 0 Å². The van der Waals surface area contributed by atoms with Crippen LogP contribution in [0.5, 0.6) is 0 Å². The molecule has 0 fully saturated rings. The van der Waals surface area contributed by atoms with E-state index in [1.165, 1.54) is 24.3 Å². The summed E-state index contributed by atoms with van der Waals surface area (Å²) in [6.07, 6.45) is 0. The summed E-state index contributed by atoms with van der Waals surface area (Å²) in [4.78, 5) is 23.4. The van der Waals surface area contributed by atoms with Crippen LogP contribution in [-0.4, -0.2) is 19.2 Å². The molecular weight excluding hydrogens is 402 g/mol. The van der Waals surface area contributed by atoms with Crippen LogP contribution in [0.15, 0.2) is 51.8 Å². The maximum absolute atomic E-state index is 12.2. The lowest BCUT2D eigenvalue weighted by molar-refractivity contribution is -0.387. The number of hydrogen-bond donors (Lipinski definition) is 2. The maximum Gasteiger partial charge on any atom is 0.289 e. The monoisotopic (exact) mass is 413 g/mol. The largest absolute Gasteiger partial charge is 0.289 e. The molecule has 0 aliphatic heterocycles. The second-order valence-corrected chi connectivity index (χ2v) is 7.25. The van der Waals surface area contributed by atoms with E-state index < -0.39 is 31.4 Å². The molecule has 0 heterocycles. The van der Waals surface area contributed by atoms with Gasteiger partial charge in [0.2, 0.25) is 0 Å². The van der Waals surface area contributed by atoms with Gasteiger partial charge in [0.15, 0.2) is 4.90 Å². The Morgan fingerprint density at radius 2 is 1.88 bits per heavy atom. The van der Waals surface area contributed by atoms with E-state index in [1.54, 1.807) is 6.07 Å². The first-order chi connectivity index (χ1) is 11.2. The first-order valence-electron chi connectivity index (χ1n) is 6.54. The van der Waals surface area contributed by atoms with Crippen LogP contribution in [0, 0.1) is 17.0 Å². The van der Waals surface area contributed by atoms with Gasteiger partial charge in [0.25, 0.3) is 21.6 Å². The summed E-state index contributed by atoms with van der Waals surface area (Å²) >= 11 is 3.27. The van der Waals surface area contributed by atoms with Crippen molar-refractivity contribution >= 4 is 37.5 Å². The van der Waals surface area contributed by atoms with Crippen molar-refractivity contribution in [2.24, 2.45) is 0 Å². The Morgan fingerprint density at radius 1 is 1.21 bits per heavy atom. The summed E-state index contributed by atoms with van der Waals surface area (Å²) in [6.45, 7) is 1.84. The lowest BCUT2D eigenvalue weighted by Gasteiger charge is -2.09. The molecule has 0 saturated carbocycles. The normalized spacial score (nSPS) is 11.1. The Hall–Kier alpha value is -2.30. The van der Waals surface area contributed by atoms with E-state index in [1.807, 2.05) is 17.2 Å². The first-order valence-corrected chi connectivity index (χ1v) is 8.81. The zero-order valence-electron chi connectivity index (χ0n) is 12.3. The highest BCUT2D eigenvalue weighted by molar-refractivity contribution is 9.10. The van der Waals surface area contributed by atoms with Crippen molar-refractivity contribution in [3.05, 3.63) is 68.2 Å². The minimum atomic E-state index is -4.29. The molecule has 0 unspecified atom stereocenters. The molecule has 2 N–H and O–H groups in total. The lowest BCUT2D eigenvalue weighted by Crippen LogP contribution is -2.41. The second kappa shape index (κ2) is 7.07. The summed E-state index contributed by atoms with van der Waals surface area (Å²) < 4.78 is 25.0. The quantitative estimate of drug-likeness (QED) is 0.575. The first kappa shape index (κ1) is 18.0. The van der Waals surface area contributed by atoms with Gasteiger partial charge >= 0.3 is 0 Å². The zero-order valence-corrected chi connectivity index (χ0v) is 14.7. The van der Waals surface area contributed by atoms with E-state index in [0.717, 1.165) is 17.7 Å². The van der Waals surface area contributed by atoms with Gasteiger partial charge in [0.05, 0.1) is 4.92 Å². The van der Waals surface area contributed by atoms with Crippen LogP contribution in [0.1, 0.15) is 15.9 Å². The van der Waals surface area contributed by atoms with Gasteiger partial charge in [-0.25, -0.2) is 8.42 Å². The number of para-hydroxylation sites is 1. The average molecular weight is 414 g/mol. The van der Waals surface area contributed by atoms with Gasteiger partial charge in [-0.05, 0) is 30.7 Å². The van der Waals surface area contributed by atoms with Gasteiger partial charge in [-0.1, -0.05) is 34.1 Å². The standard InChI is InChI=1S/C14H12BrN3O5S/c1-9-6-7-10(8-11(9)15)14(19)16-17-24(22,23)13-5-3-2-4-12(13)18(20)21/h2-8,17H,1H3,(H,16,19). The molecule has 0 aliphatic rings. The number of amides is 1. The number of hydrogen-bond acceptors (Lipinski definition) is 5. The van der Waals surface area contributed by atoms with Crippen molar-refractivity contribution in [1.82, 2.24) is 10.3 Å². The molecule has 126 valence electrons. The third kappa shape index (κ3) is 3.96. The van der Waals surface area contributed by atoms with Gasteiger partial charge in [0.1, 0.15) is 0 Å². The number of nitrogens with zero attached hydrogens (tertiary/aromatic N) is 1. The molecule has 10 heteroatoms. The van der Waals surface area contributed by atoms with E-state index >= 15 is 0 Å². The van der Waals surface area contributed by atoms with Crippen LogP contribution in [-0.2, 0) is 10.0 Å². The fourth-order valence-electron chi connectivity index (χ4n) is 1.81. The molecule has 0 bridgehead atoms. The molecule has 2 aromatic rings. The number of hydrazine groups is 1. The van der Waals surface area contributed by atoms with Crippen molar-refractivity contribution < 1.29 is 18.1 Å². The molecule has 0 aromatic heterocycles. The molecule has 0 spiro atoms. The number of nitrogens with one attached hydrogen (secondary N) is 2. The van der Waals surface area contributed by atoms with Gasteiger partial charge in [0, 0.05) is 16.1 Å². The predicted molar refractivity (Wildman–Crippen MR) is 89.8 cm³/mol. The van der Waals surface area contributed by atoms with Crippen LogP contribution >= 0.6 is 15.9 Å². The van der Waals surface area contributed by atoms with E-state index in [0.29, 0.717) is 4.47 Å². The molecule has 0 aliphatic carbocycles. The SMILES string of the molecule is Cc1ccc(C(=O)NNS(=O)(=O)c2ccccc2[N+](=O)[O-])cc1Br. The summed E-state index contributed by atoms with van der Waals surface area (Å²) in [5, 5.41) is 10.9. The molecule has 8 nitrogen and oxygen atoms in total. The van der Waals surface area contributed by atoms with Crippen molar-refractivity contribution in [3.8, 4) is 0 Å². The van der Waals surface area contributed by atoms with Crippen LogP contribution < -0.4 is 10.3 Å². The Bertz CT molecular complexity index is 914. The fraction of sp³-hybridized carbons (Fsp3) is 0.0714. The van der Waals surface area contributed by atoms with Crippen LogP contribution in [0.4, 0.5) is 5.69 Å². The highest BCUT2D eigenvalue weighted by atomic mass is 79.9. The molecule has 1 amide bonds. The molecule has 0 radical (unpaired) electrons. The number of halogens is 1. The smallest absolute Gasteiger partial charge is 0.273 e. The van der Waals surface area contributed by atoms with Crippen molar-refractivity contribution in [1.29, 1.82) is 0 Å². The van der Waals surface area contributed by atoms with Gasteiger partial charge in [-0.2, -0.15) is 0 Å². The zero-order chi connectivity index (χ0) is 17.9. The van der Waals surface area contributed by atoms with E-state index in [4.69, 9.17) is 0 Å². The fourth-order valence-corrected chi connectivity index (χ4v) is 3.20. The molecule has 24 heavy (non-hydrogen) atoms. The Morgan fingerprint density at radius 3 is 2.50 bits per heavy atom. The molecule has 0 atom stereocenters. The van der Waals surface area contributed by atoms with E-state index in [2.05, 4.69) is 15.9 Å². The summed E-state index contributed by atoms with van der Waals surface area (Å²) in [5.74, 6) is -0.696. The van der Waals surface area contributed by atoms with Gasteiger partial charge < -0.3 is 0 Å². The van der Waals surface area contributed by atoms with Crippen molar-refractivity contribution in [2.75, 3.05) is 0 Å².